The van der Waals surface area contributed by atoms with Gasteiger partial charge in [0.05, 0.1) is 6.61 Å². The minimum Gasteiger partial charge on any atom is -0.386 e. The predicted octanol–water partition coefficient (Wildman–Crippen LogP) is 1.61. The van der Waals surface area contributed by atoms with Gasteiger partial charge in [-0.1, -0.05) is 31.2 Å². The van der Waals surface area contributed by atoms with Crippen LogP contribution in [-0.2, 0) is 11.2 Å². The zero-order chi connectivity index (χ0) is 12.3. The average molecular weight is 235 g/mol. The number of rotatable bonds is 3. The largest absolute Gasteiger partial charge is 0.386 e. The number of aliphatic hydroxyl groups is 1. The Bertz CT molecular complexity index is 350. The van der Waals surface area contributed by atoms with Crippen LogP contribution in [0.1, 0.15) is 24.2 Å². The Morgan fingerprint density at radius 3 is 2.71 bits per heavy atom. The zero-order valence-corrected chi connectivity index (χ0v) is 10.6. The van der Waals surface area contributed by atoms with Crippen LogP contribution in [0.2, 0.25) is 0 Å². The fourth-order valence-electron chi connectivity index (χ4n) is 2.17. The summed E-state index contributed by atoms with van der Waals surface area (Å²) >= 11 is 0. The van der Waals surface area contributed by atoms with Crippen molar-refractivity contribution >= 4 is 0 Å². The molecular formula is C14H21NO2. The molecule has 1 aromatic carbocycles. The first-order valence-corrected chi connectivity index (χ1v) is 6.27. The molecule has 0 aromatic heterocycles. The maximum Gasteiger partial charge on any atom is 0.106 e. The van der Waals surface area contributed by atoms with Gasteiger partial charge in [-0.15, -0.1) is 0 Å². The van der Waals surface area contributed by atoms with Crippen LogP contribution in [0.25, 0.3) is 0 Å². The summed E-state index contributed by atoms with van der Waals surface area (Å²) in [7, 11) is 2.06. The van der Waals surface area contributed by atoms with E-state index in [0.717, 1.165) is 25.1 Å². The van der Waals surface area contributed by atoms with Crippen molar-refractivity contribution in [3.63, 3.8) is 0 Å². The maximum absolute atomic E-state index is 10.3. The van der Waals surface area contributed by atoms with Gasteiger partial charge in [0.2, 0.25) is 0 Å². The predicted molar refractivity (Wildman–Crippen MR) is 68.0 cm³/mol. The lowest BCUT2D eigenvalue weighted by Crippen LogP contribution is -2.42. The molecule has 0 spiro atoms. The number of hydrogen-bond acceptors (Lipinski definition) is 3. The van der Waals surface area contributed by atoms with E-state index in [1.807, 2.05) is 12.1 Å². The normalized spacial score (nSPS) is 23.6. The standard InChI is InChI=1S/C14H21NO2/c1-3-11-4-6-12(7-5-11)14(16)13-10-15(2)8-9-17-13/h4-7,13-14,16H,3,8-10H2,1-2H3. The first-order chi connectivity index (χ1) is 8.20. The molecule has 0 radical (unpaired) electrons. The Kier molecular flexibility index (Phi) is 4.15. The van der Waals surface area contributed by atoms with Gasteiger partial charge in [0.15, 0.2) is 0 Å². The van der Waals surface area contributed by atoms with E-state index < -0.39 is 6.10 Å². The van der Waals surface area contributed by atoms with Crippen LogP contribution < -0.4 is 0 Å². The summed E-state index contributed by atoms with van der Waals surface area (Å²) < 4.78 is 5.63. The Hall–Kier alpha value is -0.900. The molecule has 1 aliphatic rings. The molecule has 1 heterocycles. The Morgan fingerprint density at radius 1 is 1.41 bits per heavy atom. The van der Waals surface area contributed by atoms with Gasteiger partial charge in [0.1, 0.15) is 12.2 Å². The third kappa shape index (κ3) is 3.06. The van der Waals surface area contributed by atoms with Crippen LogP contribution in [0.5, 0.6) is 0 Å². The zero-order valence-electron chi connectivity index (χ0n) is 10.6. The summed E-state index contributed by atoms with van der Waals surface area (Å²) in [5.41, 5.74) is 2.24. The van der Waals surface area contributed by atoms with Gasteiger partial charge in [-0.05, 0) is 24.6 Å². The van der Waals surface area contributed by atoms with E-state index in [1.54, 1.807) is 0 Å². The molecule has 2 unspecified atom stereocenters. The van der Waals surface area contributed by atoms with Gasteiger partial charge >= 0.3 is 0 Å². The first-order valence-electron chi connectivity index (χ1n) is 6.27. The minimum absolute atomic E-state index is 0.110. The van der Waals surface area contributed by atoms with Gasteiger partial charge in [0, 0.05) is 13.1 Å². The van der Waals surface area contributed by atoms with E-state index in [9.17, 15) is 5.11 Å². The molecule has 1 aliphatic heterocycles. The summed E-state index contributed by atoms with van der Waals surface area (Å²) in [5.74, 6) is 0. The summed E-state index contributed by atoms with van der Waals surface area (Å²) in [6.07, 6.45) is 0.392. The monoisotopic (exact) mass is 235 g/mol. The van der Waals surface area contributed by atoms with Crippen molar-refractivity contribution in [2.45, 2.75) is 25.6 Å². The third-order valence-electron chi connectivity index (χ3n) is 3.38. The highest BCUT2D eigenvalue weighted by Crippen LogP contribution is 2.22. The smallest absolute Gasteiger partial charge is 0.106 e. The summed E-state index contributed by atoms with van der Waals surface area (Å²) in [6, 6.07) is 8.15. The highest BCUT2D eigenvalue weighted by Gasteiger charge is 2.26. The molecule has 0 aliphatic carbocycles. The first kappa shape index (κ1) is 12.6. The Labute approximate surface area is 103 Å². The molecule has 1 N–H and O–H groups in total. The molecule has 2 rings (SSSR count). The van der Waals surface area contributed by atoms with E-state index in [0.29, 0.717) is 6.61 Å². The van der Waals surface area contributed by atoms with Crippen LogP contribution in [-0.4, -0.2) is 42.9 Å². The fraction of sp³-hybridized carbons (Fsp3) is 0.571. The summed E-state index contributed by atoms with van der Waals surface area (Å²) in [5, 5.41) is 10.3. The van der Waals surface area contributed by atoms with Crippen LogP contribution in [0, 0.1) is 0 Å². The van der Waals surface area contributed by atoms with E-state index in [4.69, 9.17) is 4.74 Å². The molecule has 1 saturated heterocycles. The van der Waals surface area contributed by atoms with E-state index in [2.05, 4.69) is 31.0 Å². The molecule has 2 atom stereocenters. The number of ether oxygens (including phenoxy) is 1. The molecule has 94 valence electrons. The molecule has 1 fully saturated rings. The van der Waals surface area contributed by atoms with Gasteiger partial charge in [-0.2, -0.15) is 0 Å². The van der Waals surface area contributed by atoms with Crippen LogP contribution in [0.3, 0.4) is 0 Å². The van der Waals surface area contributed by atoms with Gasteiger partial charge in [0.25, 0.3) is 0 Å². The average Bonchev–Trinajstić information content (AvgIpc) is 2.38. The van der Waals surface area contributed by atoms with E-state index >= 15 is 0 Å². The summed E-state index contributed by atoms with van der Waals surface area (Å²) in [6.45, 7) is 4.56. The second-order valence-electron chi connectivity index (χ2n) is 4.71. The SMILES string of the molecule is CCc1ccc(C(O)C2CN(C)CCO2)cc1. The molecular weight excluding hydrogens is 214 g/mol. The highest BCUT2D eigenvalue weighted by molar-refractivity contribution is 5.24. The Balaban J connectivity index is 2.04. The number of aliphatic hydroxyl groups excluding tert-OH is 1. The number of benzene rings is 1. The molecule has 3 heteroatoms. The van der Waals surface area contributed by atoms with Crippen molar-refractivity contribution in [3.8, 4) is 0 Å². The van der Waals surface area contributed by atoms with Crippen molar-refractivity contribution in [3.05, 3.63) is 35.4 Å². The van der Waals surface area contributed by atoms with Crippen LogP contribution in [0.15, 0.2) is 24.3 Å². The summed E-state index contributed by atoms with van der Waals surface area (Å²) in [4.78, 5) is 2.19. The number of aryl methyl sites for hydroxylation is 1. The lowest BCUT2D eigenvalue weighted by atomic mass is 10.0. The van der Waals surface area contributed by atoms with Crippen molar-refractivity contribution < 1.29 is 9.84 Å². The second kappa shape index (κ2) is 5.63. The lowest BCUT2D eigenvalue weighted by molar-refractivity contribution is -0.0844. The van der Waals surface area contributed by atoms with Crippen molar-refractivity contribution in [2.75, 3.05) is 26.7 Å². The number of nitrogens with zero attached hydrogens (tertiary/aromatic N) is 1. The van der Waals surface area contributed by atoms with Gasteiger partial charge < -0.3 is 14.7 Å². The van der Waals surface area contributed by atoms with Gasteiger partial charge in [-0.25, -0.2) is 0 Å². The van der Waals surface area contributed by atoms with Crippen molar-refractivity contribution in [1.29, 1.82) is 0 Å². The fourth-order valence-corrected chi connectivity index (χ4v) is 2.17. The third-order valence-corrected chi connectivity index (χ3v) is 3.38. The Morgan fingerprint density at radius 2 is 2.12 bits per heavy atom. The van der Waals surface area contributed by atoms with Crippen molar-refractivity contribution in [2.24, 2.45) is 0 Å². The molecule has 3 nitrogen and oxygen atoms in total. The lowest BCUT2D eigenvalue weighted by Gasteiger charge is -2.33. The minimum atomic E-state index is -0.524. The molecule has 0 amide bonds. The van der Waals surface area contributed by atoms with Crippen LogP contribution in [0.4, 0.5) is 0 Å². The second-order valence-corrected chi connectivity index (χ2v) is 4.71. The van der Waals surface area contributed by atoms with E-state index in [1.165, 1.54) is 5.56 Å². The number of morpholine rings is 1. The van der Waals surface area contributed by atoms with Gasteiger partial charge in [-0.3, -0.25) is 0 Å². The maximum atomic E-state index is 10.3. The highest BCUT2D eigenvalue weighted by atomic mass is 16.5. The van der Waals surface area contributed by atoms with Crippen molar-refractivity contribution in [1.82, 2.24) is 4.90 Å². The number of likely N-dealkylation sites (N-methyl/N-ethyl adjacent to an activating group) is 1. The molecule has 1 aromatic rings. The molecule has 0 bridgehead atoms. The molecule has 0 saturated carbocycles. The number of hydrogen-bond donors (Lipinski definition) is 1. The van der Waals surface area contributed by atoms with E-state index in [-0.39, 0.29) is 6.10 Å². The van der Waals surface area contributed by atoms with Crippen LogP contribution >= 0.6 is 0 Å². The molecule has 17 heavy (non-hydrogen) atoms. The topological polar surface area (TPSA) is 32.7 Å². The quantitative estimate of drug-likeness (QED) is 0.864.